The molecule has 0 unspecified atom stereocenters. The number of hydrogen-bond donors (Lipinski definition) is 2. The first-order valence-electron chi connectivity index (χ1n) is 8.13. The molecule has 0 aromatic carbocycles. The maximum Gasteiger partial charge on any atom is 0.224 e. The van der Waals surface area contributed by atoms with Crippen LogP contribution in [0.4, 0.5) is 0 Å². The van der Waals surface area contributed by atoms with Crippen molar-refractivity contribution in [3.63, 3.8) is 0 Å². The molecule has 130 valence electrons. The Balaban J connectivity index is 1.94. The van der Waals surface area contributed by atoms with E-state index in [9.17, 15) is 4.79 Å². The van der Waals surface area contributed by atoms with Crippen LogP contribution < -0.4 is 0 Å². The molecule has 0 saturated carbocycles. The van der Waals surface area contributed by atoms with Gasteiger partial charge in [0.25, 0.3) is 0 Å². The number of likely N-dealkylation sites (N-methyl/N-ethyl adjacent to an activating group) is 1. The highest BCUT2D eigenvalue weighted by Crippen LogP contribution is 2.27. The fourth-order valence-electron chi connectivity index (χ4n) is 3.00. The first kappa shape index (κ1) is 17.8. The highest BCUT2D eigenvalue weighted by molar-refractivity contribution is 5.76. The molecular weight excluding hydrogens is 298 g/mol. The van der Waals surface area contributed by atoms with Gasteiger partial charge in [0.15, 0.2) is 0 Å². The first-order valence-corrected chi connectivity index (χ1v) is 8.13. The van der Waals surface area contributed by atoms with E-state index < -0.39 is 0 Å². The Kier molecular flexibility index (Phi) is 6.49. The lowest BCUT2D eigenvalue weighted by Crippen LogP contribution is -2.38. The van der Waals surface area contributed by atoms with Gasteiger partial charge in [-0.3, -0.25) is 9.69 Å². The molecule has 1 aliphatic rings. The topological polar surface area (TPSA) is 94.7 Å². The highest BCUT2D eigenvalue weighted by Gasteiger charge is 2.27. The van der Waals surface area contributed by atoms with Crippen LogP contribution in [0, 0.1) is 0 Å². The SMILES string of the molecule is CN(CCO)Cc1nnc(C2CCN(C(=O)CCO)CC2)n1C. The number of nitrogens with zero attached hydrogens (tertiary/aromatic N) is 5. The third-order valence-corrected chi connectivity index (χ3v) is 4.43. The second-order valence-corrected chi connectivity index (χ2v) is 6.12. The maximum atomic E-state index is 11.8. The van der Waals surface area contributed by atoms with Crippen LogP contribution in [0.2, 0.25) is 0 Å². The standard InChI is InChI=1S/C15H27N5O3/c1-18(8-10-22)11-13-16-17-15(19(13)2)12-3-6-20(7-4-12)14(23)5-9-21/h12,21-22H,3-11H2,1-2H3. The lowest BCUT2D eigenvalue weighted by molar-refractivity contribution is -0.132. The molecule has 0 aliphatic carbocycles. The molecule has 1 aromatic heterocycles. The second kappa shape index (κ2) is 8.37. The van der Waals surface area contributed by atoms with E-state index in [4.69, 9.17) is 10.2 Å². The summed E-state index contributed by atoms with van der Waals surface area (Å²) in [5.41, 5.74) is 0. The van der Waals surface area contributed by atoms with Crippen LogP contribution in [0.1, 0.15) is 36.8 Å². The quantitative estimate of drug-likeness (QED) is 0.690. The number of rotatable bonds is 7. The lowest BCUT2D eigenvalue weighted by atomic mass is 9.95. The Morgan fingerprint density at radius 3 is 2.57 bits per heavy atom. The van der Waals surface area contributed by atoms with Crippen LogP contribution in [-0.2, 0) is 18.4 Å². The first-order chi connectivity index (χ1) is 11.1. The van der Waals surface area contributed by atoms with Gasteiger partial charge >= 0.3 is 0 Å². The summed E-state index contributed by atoms with van der Waals surface area (Å²) >= 11 is 0. The van der Waals surface area contributed by atoms with Gasteiger partial charge < -0.3 is 19.7 Å². The highest BCUT2D eigenvalue weighted by atomic mass is 16.3. The van der Waals surface area contributed by atoms with Crippen LogP contribution in [0.3, 0.4) is 0 Å². The minimum atomic E-state index is -0.0905. The number of hydrogen-bond acceptors (Lipinski definition) is 6. The van der Waals surface area contributed by atoms with Gasteiger partial charge in [-0.15, -0.1) is 10.2 Å². The maximum absolute atomic E-state index is 11.8. The lowest BCUT2D eigenvalue weighted by Gasteiger charge is -2.31. The van der Waals surface area contributed by atoms with E-state index in [1.807, 2.05) is 28.5 Å². The van der Waals surface area contributed by atoms with E-state index >= 15 is 0 Å². The molecule has 2 rings (SSSR count). The van der Waals surface area contributed by atoms with Crippen LogP contribution in [0.25, 0.3) is 0 Å². The predicted octanol–water partition coefficient (Wildman–Crippen LogP) is -0.672. The zero-order valence-corrected chi connectivity index (χ0v) is 14.0. The van der Waals surface area contributed by atoms with Gasteiger partial charge in [0.1, 0.15) is 11.6 Å². The summed E-state index contributed by atoms with van der Waals surface area (Å²) in [7, 11) is 3.91. The summed E-state index contributed by atoms with van der Waals surface area (Å²) in [6, 6.07) is 0. The van der Waals surface area contributed by atoms with Crippen molar-refractivity contribution in [1.29, 1.82) is 0 Å². The number of aliphatic hydroxyl groups is 2. The summed E-state index contributed by atoms with van der Waals surface area (Å²) in [6.45, 7) is 2.70. The van der Waals surface area contributed by atoms with E-state index in [1.54, 1.807) is 0 Å². The van der Waals surface area contributed by atoms with E-state index in [0.717, 1.165) is 24.5 Å². The number of likely N-dealkylation sites (tertiary alicyclic amines) is 1. The van der Waals surface area contributed by atoms with Crippen molar-refractivity contribution < 1.29 is 15.0 Å². The van der Waals surface area contributed by atoms with Crippen LogP contribution >= 0.6 is 0 Å². The van der Waals surface area contributed by atoms with Crippen molar-refractivity contribution in [2.75, 3.05) is 39.9 Å². The van der Waals surface area contributed by atoms with Gasteiger partial charge in [0.05, 0.1) is 19.8 Å². The molecule has 1 saturated heterocycles. The van der Waals surface area contributed by atoms with Gasteiger partial charge in [-0.1, -0.05) is 0 Å². The van der Waals surface area contributed by atoms with Crippen LogP contribution in [-0.4, -0.2) is 80.6 Å². The summed E-state index contributed by atoms with van der Waals surface area (Å²) in [4.78, 5) is 15.6. The number of carbonyl (C=O) groups is 1. The normalized spacial score (nSPS) is 16.3. The molecule has 0 bridgehead atoms. The Bertz CT molecular complexity index is 511. The minimum Gasteiger partial charge on any atom is -0.396 e. The molecule has 23 heavy (non-hydrogen) atoms. The van der Waals surface area contributed by atoms with E-state index in [1.165, 1.54) is 0 Å². The Labute approximate surface area is 136 Å². The molecule has 8 nitrogen and oxygen atoms in total. The van der Waals surface area contributed by atoms with Crippen molar-refractivity contribution in [2.45, 2.75) is 31.7 Å². The minimum absolute atomic E-state index is 0.0234. The van der Waals surface area contributed by atoms with E-state index in [-0.39, 0.29) is 25.5 Å². The molecule has 1 amide bonds. The van der Waals surface area contributed by atoms with E-state index in [2.05, 4.69) is 10.2 Å². The fourth-order valence-corrected chi connectivity index (χ4v) is 3.00. The summed E-state index contributed by atoms with van der Waals surface area (Å²) in [6.07, 6.45) is 1.95. The number of aromatic nitrogens is 3. The number of aliphatic hydroxyl groups excluding tert-OH is 2. The van der Waals surface area contributed by atoms with Crippen LogP contribution in [0.15, 0.2) is 0 Å². The molecule has 1 aliphatic heterocycles. The molecule has 1 fully saturated rings. The van der Waals surface area contributed by atoms with Gasteiger partial charge in [-0.2, -0.15) is 0 Å². The Morgan fingerprint density at radius 2 is 1.96 bits per heavy atom. The largest absolute Gasteiger partial charge is 0.396 e. The average molecular weight is 325 g/mol. The van der Waals surface area contributed by atoms with Crippen molar-refractivity contribution in [1.82, 2.24) is 24.6 Å². The van der Waals surface area contributed by atoms with E-state index in [0.29, 0.717) is 32.1 Å². The number of carbonyl (C=O) groups excluding carboxylic acids is 1. The van der Waals surface area contributed by atoms with Crippen molar-refractivity contribution in [2.24, 2.45) is 7.05 Å². The predicted molar refractivity (Wildman–Crippen MR) is 84.7 cm³/mol. The number of amides is 1. The van der Waals surface area contributed by atoms with Gasteiger partial charge in [0.2, 0.25) is 5.91 Å². The van der Waals surface area contributed by atoms with Gasteiger partial charge in [-0.05, 0) is 19.9 Å². The Morgan fingerprint density at radius 1 is 1.26 bits per heavy atom. The number of piperidine rings is 1. The van der Waals surface area contributed by atoms with Crippen molar-refractivity contribution in [3.8, 4) is 0 Å². The Hall–Kier alpha value is -1.51. The monoisotopic (exact) mass is 325 g/mol. The molecule has 0 spiro atoms. The van der Waals surface area contributed by atoms with Crippen LogP contribution in [0.5, 0.6) is 0 Å². The fraction of sp³-hybridized carbons (Fsp3) is 0.800. The average Bonchev–Trinajstić information content (AvgIpc) is 2.89. The molecule has 1 aromatic rings. The third-order valence-electron chi connectivity index (χ3n) is 4.43. The molecule has 8 heteroatoms. The second-order valence-electron chi connectivity index (χ2n) is 6.12. The smallest absolute Gasteiger partial charge is 0.224 e. The zero-order chi connectivity index (χ0) is 16.8. The summed E-state index contributed by atoms with van der Waals surface area (Å²) in [5, 5.41) is 26.4. The molecule has 0 atom stereocenters. The van der Waals surface area contributed by atoms with Crippen molar-refractivity contribution in [3.05, 3.63) is 11.6 Å². The van der Waals surface area contributed by atoms with Crippen molar-refractivity contribution >= 4 is 5.91 Å². The molecular formula is C15H27N5O3. The van der Waals surface area contributed by atoms with Gasteiger partial charge in [-0.25, -0.2) is 0 Å². The molecule has 2 heterocycles. The summed E-state index contributed by atoms with van der Waals surface area (Å²) in [5.74, 6) is 2.18. The van der Waals surface area contributed by atoms with Gasteiger partial charge in [0, 0.05) is 39.0 Å². The molecule has 0 radical (unpaired) electrons. The summed E-state index contributed by atoms with van der Waals surface area (Å²) < 4.78 is 2.03. The molecule has 2 N–H and O–H groups in total. The third kappa shape index (κ3) is 4.49. The zero-order valence-electron chi connectivity index (χ0n) is 14.0.